The zero-order chi connectivity index (χ0) is 26.4. The fourth-order valence-corrected chi connectivity index (χ4v) is 4.52. The van der Waals surface area contributed by atoms with Gasteiger partial charge in [0, 0.05) is 31.7 Å². The van der Waals surface area contributed by atoms with Gasteiger partial charge in [-0.05, 0) is 55.9 Å². The molecule has 0 aliphatic carbocycles. The number of hydrogen-bond acceptors (Lipinski definition) is 8. The number of rotatable bonds is 9. The minimum Gasteiger partial charge on any atom is -0.494 e. The SMILES string of the molecule is CCOc1ccc(-c2nnc(SCC(=O)Nc3cc(C(F)(F)F)ccc3N3CCN(CC)CC3)o2)cc1. The molecule has 37 heavy (non-hydrogen) atoms. The number of aromatic nitrogens is 2. The van der Waals surface area contributed by atoms with E-state index >= 15 is 0 Å². The number of carbonyl (C=O) groups is 1. The Morgan fingerprint density at radius 3 is 2.46 bits per heavy atom. The van der Waals surface area contributed by atoms with Crippen molar-refractivity contribution in [1.82, 2.24) is 15.1 Å². The Labute approximate surface area is 217 Å². The monoisotopic (exact) mass is 535 g/mol. The average molecular weight is 536 g/mol. The highest BCUT2D eigenvalue weighted by atomic mass is 32.2. The van der Waals surface area contributed by atoms with Crippen molar-refractivity contribution in [2.75, 3.05) is 55.3 Å². The van der Waals surface area contributed by atoms with Crippen LogP contribution in [0.2, 0.25) is 0 Å². The summed E-state index contributed by atoms with van der Waals surface area (Å²) in [5.41, 5.74) is 0.580. The number of carbonyl (C=O) groups excluding carboxylic acids is 1. The van der Waals surface area contributed by atoms with E-state index in [-0.39, 0.29) is 22.6 Å². The van der Waals surface area contributed by atoms with E-state index in [9.17, 15) is 18.0 Å². The van der Waals surface area contributed by atoms with Gasteiger partial charge < -0.3 is 24.3 Å². The van der Waals surface area contributed by atoms with Crippen molar-refractivity contribution in [3.8, 4) is 17.2 Å². The van der Waals surface area contributed by atoms with Crippen LogP contribution in [-0.4, -0.2) is 66.1 Å². The van der Waals surface area contributed by atoms with Gasteiger partial charge in [0.1, 0.15) is 5.75 Å². The molecule has 0 bridgehead atoms. The van der Waals surface area contributed by atoms with Gasteiger partial charge >= 0.3 is 6.18 Å². The Morgan fingerprint density at radius 1 is 1.08 bits per heavy atom. The second kappa shape index (κ2) is 11.9. The molecule has 1 amide bonds. The molecule has 12 heteroatoms. The number of thioether (sulfide) groups is 1. The molecule has 0 saturated carbocycles. The third kappa shape index (κ3) is 6.95. The molecule has 1 aliphatic rings. The molecular formula is C25H28F3N5O3S. The molecule has 2 aromatic carbocycles. The smallest absolute Gasteiger partial charge is 0.416 e. The Balaban J connectivity index is 1.42. The number of amides is 1. The topological polar surface area (TPSA) is 83.7 Å². The predicted molar refractivity (Wildman–Crippen MR) is 136 cm³/mol. The minimum absolute atomic E-state index is 0.107. The average Bonchev–Trinajstić information content (AvgIpc) is 3.37. The van der Waals surface area contributed by atoms with Gasteiger partial charge in [0.05, 0.1) is 29.3 Å². The lowest BCUT2D eigenvalue weighted by atomic mass is 10.1. The third-order valence-corrected chi connectivity index (χ3v) is 6.72. The molecule has 0 atom stereocenters. The van der Waals surface area contributed by atoms with Gasteiger partial charge in [-0.2, -0.15) is 13.2 Å². The van der Waals surface area contributed by atoms with E-state index in [1.165, 1.54) is 6.07 Å². The van der Waals surface area contributed by atoms with Gasteiger partial charge in [-0.1, -0.05) is 18.7 Å². The summed E-state index contributed by atoms with van der Waals surface area (Å²) in [6.07, 6.45) is -4.52. The summed E-state index contributed by atoms with van der Waals surface area (Å²) >= 11 is 1.01. The zero-order valence-electron chi connectivity index (χ0n) is 20.5. The van der Waals surface area contributed by atoms with Crippen molar-refractivity contribution in [2.45, 2.75) is 25.2 Å². The summed E-state index contributed by atoms with van der Waals surface area (Å²) in [4.78, 5) is 17.0. The molecule has 0 radical (unpaired) electrons. The molecule has 1 fully saturated rings. The van der Waals surface area contributed by atoms with E-state index in [1.807, 2.05) is 11.8 Å². The van der Waals surface area contributed by atoms with Crippen LogP contribution < -0.4 is 15.0 Å². The summed E-state index contributed by atoms with van der Waals surface area (Å²) in [5, 5.41) is 10.8. The molecule has 2 heterocycles. The van der Waals surface area contributed by atoms with Crippen LogP contribution in [0.1, 0.15) is 19.4 Å². The number of anilines is 2. The maximum absolute atomic E-state index is 13.4. The van der Waals surface area contributed by atoms with Gasteiger partial charge in [0.25, 0.3) is 5.22 Å². The predicted octanol–water partition coefficient (Wildman–Crippen LogP) is 5.03. The number of ether oxygens (including phenoxy) is 1. The van der Waals surface area contributed by atoms with Crippen molar-refractivity contribution in [3.63, 3.8) is 0 Å². The van der Waals surface area contributed by atoms with Crippen LogP contribution in [0.15, 0.2) is 52.1 Å². The third-order valence-electron chi connectivity index (χ3n) is 5.90. The lowest BCUT2D eigenvalue weighted by Crippen LogP contribution is -2.46. The standard InChI is InChI=1S/C25H28F3N5O3S/c1-3-32-11-13-33(14-12-32)21-10-7-18(25(26,27)28)15-20(21)29-22(34)16-37-24-31-30-23(36-24)17-5-8-19(9-6-17)35-4-2/h5-10,15H,3-4,11-14,16H2,1-2H3,(H,29,34). The molecule has 1 saturated heterocycles. The molecule has 4 rings (SSSR count). The molecule has 1 aliphatic heterocycles. The summed E-state index contributed by atoms with van der Waals surface area (Å²) in [5.74, 6) is 0.429. The van der Waals surface area contributed by atoms with E-state index < -0.39 is 17.6 Å². The lowest BCUT2D eigenvalue weighted by molar-refractivity contribution is -0.137. The van der Waals surface area contributed by atoms with Crippen molar-refractivity contribution in [1.29, 1.82) is 0 Å². The summed E-state index contributed by atoms with van der Waals surface area (Å²) in [7, 11) is 0. The number of benzene rings is 2. The van der Waals surface area contributed by atoms with E-state index in [0.717, 1.165) is 49.3 Å². The van der Waals surface area contributed by atoms with E-state index in [0.29, 0.717) is 30.9 Å². The molecule has 198 valence electrons. The first-order chi connectivity index (χ1) is 17.8. The van der Waals surface area contributed by atoms with Gasteiger partial charge in [-0.15, -0.1) is 10.2 Å². The van der Waals surface area contributed by atoms with Gasteiger partial charge in [0.15, 0.2) is 0 Å². The Bertz CT molecular complexity index is 1200. The first-order valence-corrected chi connectivity index (χ1v) is 12.9. The van der Waals surface area contributed by atoms with Gasteiger partial charge in [-0.3, -0.25) is 4.79 Å². The maximum Gasteiger partial charge on any atom is 0.416 e. The Morgan fingerprint density at radius 2 is 1.81 bits per heavy atom. The highest BCUT2D eigenvalue weighted by Gasteiger charge is 2.32. The second-order valence-corrected chi connectivity index (χ2v) is 9.24. The molecule has 8 nitrogen and oxygen atoms in total. The second-order valence-electron chi connectivity index (χ2n) is 8.32. The number of piperazine rings is 1. The van der Waals surface area contributed by atoms with Crippen LogP contribution >= 0.6 is 11.8 Å². The number of nitrogens with one attached hydrogen (secondary N) is 1. The van der Waals surface area contributed by atoms with Gasteiger partial charge in [-0.25, -0.2) is 0 Å². The van der Waals surface area contributed by atoms with Crippen LogP contribution in [0.25, 0.3) is 11.5 Å². The quantitative estimate of drug-likeness (QED) is 0.382. The molecule has 1 aromatic heterocycles. The van der Waals surface area contributed by atoms with Gasteiger partial charge in [0.2, 0.25) is 11.8 Å². The van der Waals surface area contributed by atoms with Crippen molar-refractivity contribution in [2.24, 2.45) is 0 Å². The molecule has 0 unspecified atom stereocenters. The summed E-state index contributed by atoms with van der Waals surface area (Å²) < 4.78 is 51.2. The number of likely N-dealkylation sites (N-methyl/N-ethyl adjacent to an activating group) is 1. The van der Waals surface area contributed by atoms with E-state index in [2.05, 4.69) is 27.3 Å². The van der Waals surface area contributed by atoms with E-state index in [4.69, 9.17) is 9.15 Å². The molecule has 3 aromatic rings. The lowest BCUT2D eigenvalue weighted by Gasteiger charge is -2.36. The van der Waals surface area contributed by atoms with Crippen molar-refractivity contribution >= 4 is 29.0 Å². The molecular weight excluding hydrogens is 507 g/mol. The Kier molecular flexibility index (Phi) is 8.59. The first-order valence-electron chi connectivity index (χ1n) is 11.9. The van der Waals surface area contributed by atoms with Crippen molar-refractivity contribution in [3.05, 3.63) is 48.0 Å². The first kappa shape index (κ1) is 26.8. The Hall–Kier alpha value is -3.25. The molecule has 1 N–H and O–H groups in total. The number of nitrogens with zero attached hydrogens (tertiary/aromatic N) is 4. The number of alkyl halides is 3. The van der Waals surface area contributed by atoms with Crippen molar-refractivity contribution < 1.29 is 27.1 Å². The highest BCUT2D eigenvalue weighted by Crippen LogP contribution is 2.36. The largest absolute Gasteiger partial charge is 0.494 e. The zero-order valence-corrected chi connectivity index (χ0v) is 21.4. The van der Waals surface area contributed by atoms with E-state index in [1.54, 1.807) is 24.3 Å². The minimum atomic E-state index is -4.52. The van der Waals surface area contributed by atoms with Crippen LogP contribution in [-0.2, 0) is 11.0 Å². The highest BCUT2D eigenvalue weighted by molar-refractivity contribution is 7.99. The summed E-state index contributed by atoms with van der Waals surface area (Å²) in [6, 6.07) is 10.6. The normalized spacial score (nSPS) is 14.6. The van der Waals surface area contributed by atoms with Crippen LogP contribution in [0.3, 0.4) is 0 Å². The maximum atomic E-state index is 13.4. The van der Waals surface area contributed by atoms with Crippen LogP contribution in [0.4, 0.5) is 24.5 Å². The fourth-order valence-electron chi connectivity index (χ4n) is 3.95. The van der Waals surface area contributed by atoms with Crippen LogP contribution in [0, 0.1) is 0 Å². The molecule has 0 spiro atoms. The number of hydrogen-bond donors (Lipinski definition) is 1. The van der Waals surface area contributed by atoms with Crippen LogP contribution in [0.5, 0.6) is 5.75 Å². The fraction of sp³-hybridized carbons (Fsp3) is 0.400. The number of halogens is 3. The summed E-state index contributed by atoms with van der Waals surface area (Å²) in [6.45, 7) is 8.36.